The summed E-state index contributed by atoms with van der Waals surface area (Å²) in [6.45, 7) is 4.04. The highest BCUT2D eigenvalue weighted by molar-refractivity contribution is 5.82. The summed E-state index contributed by atoms with van der Waals surface area (Å²) in [5, 5.41) is 14.8. The van der Waals surface area contributed by atoms with Gasteiger partial charge in [-0.1, -0.05) is 0 Å². The Hall–Kier alpha value is -3.68. The van der Waals surface area contributed by atoms with E-state index in [1.165, 1.54) is 18.3 Å². The van der Waals surface area contributed by atoms with Gasteiger partial charge in [-0.15, -0.1) is 0 Å². The van der Waals surface area contributed by atoms with Crippen LogP contribution < -0.4 is 10.2 Å². The molecule has 138 valence electrons. The van der Waals surface area contributed by atoms with Crippen molar-refractivity contribution in [3.05, 3.63) is 75.7 Å². The molecule has 0 saturated heterocycles. The third kappa shape index (κ3) is 3.95. The summed E-state index contributed by atoms with van der Waals surface area (Å²) in [7, 11) is 1.64. The number of anilines is 1. The Kier molecular flexibility index (Phi) is 5.16. The number of benzene rings is 1. The molecule has 8 nitrogen and oxygen atoms in total. The zero-order valence-electron chi connectivity index (χ0n) is 15.2. The summed E-state index contributed by atoms with van der Waals surface area (Å²) in [5.74, 6) is 1.24. The Morgan fingerprint density at radius 2 is 1.96 bits per heavy atom. The molecule has 27 heavy (non-hydrogen) atoms. The SMILES string of the molecule is COc1ccc(-n2c(C)cc(C=NNc3ccc([N+](=O)[O-])cn3)c2C)cc1. The lowest BCUT2D eigenvalue weighted by Crippen LogP contribution is -2.00. The van der Waals surface area contributed by atoms with Crippen LogP contribution in [-0.2, 0) is 0 Å². The molecule has 0 unspecified atom stereocenters. The maximum Gasteiger partial charge on any atom is 0.287 e. The fourth-order valence-corrected chi connectivity index (χ4v) is 2.78. The van der Waals surface area contributed by atoms with Crippen molar-refractivity contribution in [1.29, 1.82) is 0 Å². The maximum atomic E-state index is 10.6. The predicted octanol–water partition coefficient (Wildman–Crippen LogP) is 3.85. The number of methoxy groups -OCH3 is 1. The van der Waals surface area contributed by atoms with Gasteiger partial charge < -0.3 is 9.30 Å². The van der Waals surface area contributed by atoms with Gasteiger partial charge in [0.1, 0.15) is 17.8 Å². The first kappa shape index (κ1) is 18.1. The fourth-order valence-electron chi connectivity index (χ4n) is 2.78. The van der Waals surface area contributed by atoms with Crippen LogP contribution in [0.15, 0.2) is 53.8 Å². The van der Waals surface area contributed by atoms with Crippen molar-refractivity contribution in [1.82, 2.24) is 9.55 Å². The number of nitro groups is 1. The minimum absolute atomic E-state index is 0.0624. The highest BCUT2D eigenvalue weighted by atomic mass is 16.6. The van der Waals surface area contributed by atoms with Crippen molar-refractivity contribution in [2.75, 3.05) is 12.5 Å². The zero-order chi connectivity index (χ0) is 19.4. The smallest absolute Gasteiger partial charge is 0.287 e. The molecule has 0 aliphatic heterocycles. The van der Waals surface area contributed by atoms with Crippen LogP contribution in [0.25, 0.3) is 5.69 Å². The van der Waals surface area contributed by atoms with E-state index in [9.17, 15) is 10.1 Å². The van der Waals surface area contributed by atoms with Crippen LogP contribution >= 0.6 is 0 Å². The molecule has 1 N–H and O–H groups in total. The van der Waals surface area contributed by atoms with E-state index in [1.807, 2.05) is 44.2 Å². The van der Waals surface area contributed by atoms with Crippen LogP contribution in [0.3, 0.4) is 0 Å². The van der Waals surface area contributed by atoms with Gasteiger partial charge in [0.15, 0.2) is 0 Å². The third-order valence-corrected chi connectivity index (χ3v) is 4.14. The van der Waals surface area contributed by atoms with Crippen molar-refractivity contribution < 1.29 is 9.66 Å². The predicted molar refractivity (Wildman–Crippen MR) is 104 cm³/mol. The number of ether oxygens (including phenoxy) is 1. The minimum Gasteiger partial charge on any atom is -0.497 e. The molecule has 0 spiro atoms. The Balaban J connectivity index is 1.77. The first-order valence-corrected chi connectivity index (χ1v) is 8.22. The van der Waals surface area contributed by atoms with Crippen molar-refractivity contribution in [3.8, 4) is 11.4 Å². The number of hydrogen-bond acceptors (Lipinski definition) is 6. The van der Waals surface area contributed by atoms with E-state index in [0.29, 0.717) is 5.82 Å². The van der Waals surface area contributed by atoms with Crippen LogP contribution in [0.5, 0.6) is 5.75 Å². The number of aryl methyl sites for hydroxylation is 1. The van der Waals surface area contributed by atoms with E-state index < -0.39 is 4.92 Å². The fraction of sp³-hybridized carbons (Fsp3) is 0.158. The van der Waals surface area contributed by atoms with Gasteiger partial charge in [-0.2, -0.15) is 5.10 Å². The number of rotatable bonds is 6. The number of nitrogens with zero attached hydrogens (tertiary/aromatic N) is 4. The number of hydrazone groups is 1. The zero-order valence-corrected chi connectivity index (χ0v) is 15.2. The van der Waals surface area contributed by atoms with E-state index in [-0.39, 0.29) is 5.69 Å². The summed E-state index contributed by atoms with van der Waals surface area (Å²) in [6, 6.07) is 12.8. The average molecular weight is 365 g/mol. The van der Waals surface area contributed by atoms with Gasteiger partial charge in [-0.05, 0) is 50.2 Å². The van der Waals surface area contributed by atoms with E-state index >= 15 is 0 Å². The summed E-state index contributed by atoms with van der Waals surface area (Å²) >= 11 is 0. The maximum absolute atomic E-state index is 10.6. The Morgan fingerprint density at radius 1 is 1.22 bits per heavy atom. The largest absolute Gasteiger partial charge is 0.497 e. The Morgan fingerprint density at radius 3 is 2.56 bits per heavy atom. The molecular weight excluding hydrogens is 346 g/mol. The number of pyridine rings is 1. The van der Waals surface area contributed by atoms with Crippen molar-refractivity contribution in [3.63, 3.8) is 0 Å². The molecule has 0 radical (unpaired) electrons. The third-order valence-electron chi connectivity index (χ3n) is 4.14. The van der Waals surface area contributed by atoms with Gasteiger partial charge in [0, 0.05) is 28.7 Å². The van der Waals surface area contributed by atoms with Gasteiger partial charge in [0.05, 0.1) is 18.2 Å². The van der Waals surface area contributed by atoms with Gasteiger partial charge in [-0.25, -0.2) is 4.98 Å². The average Bonchev–Trinajstić information content (AvgIpc) is 2.96. The molecule has 0 bridgehead atoms. The van der Waals surface area contributed by atoms with E-state index in [4.69, 9.17) is 4.74 Å². The van der Waals surface area contributed by atoms with Crippen LogP contribution in [0, 0.1) is 24.0 Å². The molecule has 0 aliphatic rings. The van der Waals surface area contributed by atoms with Crippen LogP contribution in [0.4, 0.5) is 11.5 Å². The quantitative estimate of drug-likeness (QED) is 0.407. The lowest BCUT2D eigenvalue weighted by Gasteiger charge is -2.10. The molecule has 0 fully saturated rings. The van der Waals surface area contributed by atoms with E-state index in [1.54, 1.807) is 13.3 Å². The van der Waals surface area contributed by atoms with Crippen molar-refractivity contribution in [2.45, 2.75) is 13.8 Å². The molecule has 3 rings (SSSR count). The first-order chi connectivity index (χ1) is 13.0. The molecule has 2 aromatic heterocycles. The molecule has 0 amide bonds. The molecule has 1 aromatic carbocycles. The minimum atomic E-state index is -0.492. The van der Waals surface area contributed by atoms with Gasteiger partial charge >= 0.3 is 0 Å². The second-order valence-electron chi connectivity index (χ2n) is 5.89. The highest BCUT2D eigenvalue weighted by Crippen LogP contribution is 2.22. The molecule has 0 saturated carbocycles. The standard InChI is InChI=1S/C19H19N5O3/c1-13-10-15(11-21-22-19-9-6-17(12-20-19)24(25)26)14(2)23(13)16-4-7-18(27-3)8-5-16/h4-12H,1-3H3,(H,20,22). The lowest BCUT2D eigenvalue weighted by atomic mass is 10.2. The molecular formula is C19H19N5O3. The van der Waals surface area contributed by atoms with E-state index in [2.05, 4.69) is 20.1 Å². The highest BCUT2D eigenvalue weighted by Gasteiger charge is 2.10. The summed E-state index contributed by atoms with van der Waals surface area (Å²) in [6.07, 6.45) is 2.89. The Labute approximate surface area is 156 Å². The summed E-state index contributed by atoms with van der Waals surface area (Å²) in [5.41, 5.74) is 6.83. The number of aromatic nitrogens is 2. The van der Waals surface area contributed by atoms with Gasteiger partial charge in [0.2, 0.25) is 0 Å². The molecule has 3 aromatic rings. The molecule has 2 heterocycles. The lowest BCUT2D eigenvalue weighted by molar-refractivity contribution is -0.385. The van der Waals surface area contributed by atoms with Crippen molar-refractivity contribution >= 4 is 17.7 Å². The van der Waals surface area contributed by atoms with Crippen LogP contribution in [0.2, 0.25) is 0 Å². The normalized spacial score (nSPS) is 10.9. The van der Waals surface area contributed by atoms with Gasteiger partial charge in [-0.3, -0.25) is 15.5 Å². The topological polar surface area (TPSA) is 94.6 Å². The first-order valence-electron chi connectivity index (χ1n) is 8.22. The molecule has 0 atom stereocenters. The van der Waals surface area contributed by atoms with Gasteiger partial charge in [0.25, 0.3) is 5.69 Å². The monoisotopic (exact) mass is 365 g/mol. The summed E-state index contributed by atoms with van der Waals surface area (Å²) in [4.78, 5) is 14.1. The number of hydrogen-bond donors (Lipinski definition) is 1. The second kappa shape index (κ2) is 7.69. The molecule has 0 aliphatic carbocycles. The number of nitrogens with one attached hydrogen (secondary N) is 1. The Bertz CT molecular complexity index is 976. The van der Waals surface area contributed by atoms with E-state index in [0.717, 1.165) is 28.4 Å². The summed E-state index contributed by atoms with van der Waals surface area (Å²) < 4.78 is 7.33. The second-order valence-corrected chi connectivity index (χ2v) is 5.89. The van der Waals surface area contributed by atoms with Crippen LogP contribution in [0.1, 0.15) is 17.0 Å². The van der Waals surface area contributed by atoms with Crippen molar-refractivity contribution in [2.24, 2.45) is 5.10 Å². The van der Waals surface area contributed by atoms with Crippen LogP contribution in [-0.4, -0.2) is 27.8 Å². The molecule has 8 heteroatoms.